The highest BCUT2D eigenvalue weighted by Gasteiger charge is 2.31. The quantitative estimate of drug-likeness (QED) is 0.189. The summed E-state index contributed by atoms with van der Waals surface area (Å²) in [6, 6.07) is 0. The Bertz CT molecular complexity index is 1290. The normalized spacial score (nSPS) is 21.3. The predicted molar refractivity (Wildman–Crippen MR) is 188 cm³/mol. The van der Waals surface area contributed by atoms with Crippen molar-refractivity contribution in [3.63, 3.8) is 0 Å². The van der Waals surface area contributed by atoms with Gasteiger partial charge in [-0.15, -0.1) is 0 Å². The van der Waals surface area contributed by atoms with Gasteiger partial charge in [-0.2, -0.15) is 0 Å². The maximum absolute atomic E-state index is 10.1. The molecular formula is C40H56O3. The van der Waals surface area contributed by atoms with Crippen LogP contribution in [0.15, 0.2) is 142 Å². The first-order valence-corrected chi connectivity index (χ1v) is 15.2. The largest absolute Gasteiger partial charge is 0.393 e. The Morgan fingerprint density at radius 3 is 1.53 bits per heavy atom. The minimum absolute atomic E-state index is 0.00222. The zero-order valence-electron chi connectivity index (χ0n) is 28.2. The summed E-state index contributed by atoms with van der Waals surface area (Å²) in [7, 11) is 0. The molecule has 3 heteroatoms. The number of aliphatic hydroxyl groups is 3. The van der Waals surface area contributed by atoms with Crippen LogP contribution in [-0.2, 0) is 0 Å². The average molecular weight is 585 g/mol. The van der Waals surface area contributed by atoms with Gasteiger partial charge in [-0.05, 0) is 79.2 Å². The van der Waals surface area contributed by atoms with Gasteiger partial charge < -0.3 is 15.3 Å². The fraction of sp³-hybridized carbons (Fsp3) is 0.400. The highest BCUT2D eigenvalue weighted by molar-refractivity contribution is 5.38. The number of hydrogen-bond acceptors (Lipinski definition) is 3. The van der Waals surface area contributed by atoms with Crippen LogP contribution in [0.1, 0.15) is 82.1 Å². The molecule has 0 amide bonds. The SMILES string of the molecule is CC1=C(/C=C/C(C)=C/C=C/C(C)=C/C=C/C=C(C)/C=C/C=C(C)/C=C\C=C(C)\C=C/[C@H](O)C(C)(C)O)C(C)(C)C[C@H](O)C1. The van der Waals surface area contributed by atoms with E-state index in [9.17, 15) is 15.3 Å². The topological polar surface area (TPSA) is 60.7 Å². The van der Waals surface area contributed by atoms with Crippen LogP contribution in [0.3, 0.4) is 0 Å². The van der Waals surface area contributed by atoms with Crippen LogP contribution in [0, 0.1) is 5.41 Å². The Hall–Kier alpha value is -3.24. The fourth-order valence-corrected chi connectivity index (χ4v) is 4.62. The first-order valence-electron chi connectivity index (χ1n) is 15.2. The molecule has 0 bridgehead atoms. The Morgan fingerprint density at radius 1 is 0.721 bits per heavy atom. The molecule has 0 aromatic carbocycles. The summed E-state index contributed by atoms with van der Waals surface area (Å²) in [5, 5.41) is 29.8. The van der Waals surface area contributed by atoms with Crippen molar-refractivity contribution in [1.82, 2.24) is 0 Å². The van der Waals surface area contributed by atoms with Gasteiger partial charge in [0.15, 0.2) is 0 Å². The minimum Gasteiger partial charge on any atom is -0.393 e. The molecule has 0 heterocycles. The lowest BCUT2D eigenvalue weighted by molar-refractivity contribution is -0.0226. The van der Waals surface area contributed by atoms with Crippen molar-refractivity contribution in [2.45, 2.75) is 99.9 Å². The molecular weight excluding hydrogens is 528 g/mol. The maximum Gasteiger partial charge on any atom is 0.101 e. The maximum atomic E-state index is 10.1. The molecule has 234 valence electrons. The molecule has 0 fully saturated rings. The molecule has 1 aliphatic rings. The van der Waals surface area contributed by atoms with Crippen LogP contribution in [0.4, 0.5) is 0 Å². The van der Waals surface area contributed by atoms with Gasteiger partial charge in [0.25, 0.3) is 0 Å². The molecule has 2 atom stereocenters. The van der Waals surface area contributed by atoms with Crippen LogP contribution >= 0.6 is 0 Å². The van der Waals surface area contributed by atoms with Gasteiger partial charge in [0.1, 0.15) is 6.10 Å². The monoisotopic (exact) mass is 584 g/mol. The second-order valence-corrected chi connectivity index (χ2v) is 12.9. The lowest BCUT2D eigenvalue weighted by atomic mass is 9.71. The standard InChI is InChI=1S/C40H56O3/c1-30(18-13-20-32(3)21-15-23-34(5)25-27-38(42)40(9,10)43)16-11-12-17-31(2)19-14-22-33(4)24-26-37-35(6)28-36(41)29-39(37,7)8/h11-27,36,38,41-43H,28-29H2,1-10H3/b12-11+,18-13+,19-14+,21-15-,26-24+,27-25-,30-16+,31-17+,32-20+,33-22+,34-23+/t36-,38+/m1/s1. The fourth-order valence-electron chi connectivity index (χ4n) is 4.62. The van der Waals surface area contributed by atoms with Crippen molar-refractivity contribution in [1.29, 1.82) is 0 Å². The van der Waals surface area contributed by atoms with Crippen LogP contribution in [0.2, 0.25) is 0 Å². The van der Waals surface area contributed by atoms with Gasteiger partial charge >= 0.3 is 0 Å². The molecule has 1 rings (SSSR count). The van der Waals surface area contributed by atoms with E-state index in [1.165, 1.54) is 22.3 Å². The van der Waals surface area contributed by atoms with E-state index in [1.54, 1.807) is 19.9 Å². The number of hydrogen-bond donors (Lipinski definition) is 3. The summed E-state index contributed by atoms with van der Waals surface area (Å²) in [4.78, 5) is 0. The van der Waals surface area contributed by atoms with E-state index in [4.69, 9.17) is 0 Å². The summed E-state index contributed by atoms with van der Waals surface area (Å²) in [5.74, 6) is 0. The van der Waals surface area contributed by atoms with Crippen LogP contribution in [0.5, 0.6) is 0 Å². The van der Waals surface area contributed by atoms with Gasteiger partial charge in [0.2, 0.25) is 0 Å². The predicted octanol–water partition coefficient (Wildman–Crippen LogP) is 9.68. The van der Waals surface area contributed by atoms with E-state index in [1.807, 2.05) is 50.3 Å². The first-order chi connectivity index (χ1) is 20.0. The average Bonchev–Trinajstić information content (AvgIpc) is 2.88. The number of aliphatic hydroxyl groups excluding tert-OH is 2. The Balaban J connectivity index is 2.63. The van der Waals surface area contributed by atoms with Crippen molar-refractivity contribution in [2.24, 2.45) is 5.41 Å². The third-order valence-electron chi connectivity index (χ3n) is 7.24. The van der Waals surface area contributed by atoms with E-state index < -0.39 is 11.7 Å². The van der Waals surface area contributed by atoms with E-state index >= 15 is 0 Å². The number of rotatable bonds is 13. The smallest absolute Gasteiger partial charge is 0.101 e. The van der Waals surface area contributed by atoms with E-state index in [0.29, 0.717) is 0 Å². The molecule has 3 N–H and O–H groups in total. The van der Waals surface area contributed by atoms with E-state index in [2.05, 4.69) is 102 Å². The first kappa shape index (κ1) is 37.8. The number of allylic oxidation sites excluding steroid dienone is 22. The third kappa shape index (κ3) is 16.3. The van der Waals surface area contributed by atoms with Gasteiger partial charge in [0.05, 0.1) is 11.7 Å². The highest BCUT2D eigenvalue weighted by Crippen LogP contribution is 2.41. The molecule has 0 saturated heterocycles. The van der Waals surface area contributed by atoms with Crippen molar-refractivity contribution >= 4 is 0 Å². The van der Waals surface area contributed by atoms with Crippen molar-refractivity contribution in [2.75, 3.05) is 0 Å². The molecule has 43 heavy (non-hydrogen) atoms. The highest BCUT2D eigenvalue weighted by atomic mass is 16.3. The molecule has 0 spiro atoms. The summed E-state index contributed by atoms with van der Waals surface area (Å²) in [5.41, 5.74) is 7.10. The van der Waals surface area contributed by atoms with Gasteiger partial charge in [-0.25, -0.2) is 0 Å². The molecule has 0 aliphatic heterocycles. The second kappa shape index (κ2) is 18.4. The molecule has 0 aromatic rings. The molecule has 3 nitrogen and oxygen atoms in total. The minimum atomic E-state index is -1.15. The second-order valence-electron chi connectivity index (χ2n) is 12.9. The van der Waals surface area contributed by atoms with Gasteiger partial charge in [-0.3, -0.25) is 0 Å². The van der Waals surface area contributed by atoms with Gasteiger partial charge in [-0.1, -0.05) is 151 Å². The molecule has 0 radical (unpaired) electrons. The molecule has 0 saturated carbocycles. The zero-order valence-corrected chi connectivity index (χ0v) is 28.2. The molecule has 0 unspecified atom stereocenters. The summed E-state index contributed by atoms with van der Waals surface area (Å²) < 4.78 is 0. The molecule has 1 aliphatic carbocycles. The van der Waals surface area contributed by atoms with Crippen molar-refractivity contribution in [3.8, 4) is 0 Å². The summed E-state index contributed by atoms with van der Waals surface area (Å²) >= 11 is 0. The van der Waals surface area contributed by atoms with Crippen LogP contribution in [-0.4, -0.2) is 33.1 Å². The lowest BCUT2D eigenvalue weighted by Crippen LogP contribution is -2.34. The zero-order chi connectivity index (χ0) is 32.6. The Labute approximate surface area is 262 Å². The Morgan fingerprint density at radius 2 is 1.12 bits per heavy atom. The van der Waals surface area contributed by atoms with E-state index in [-0.39, 0.29) is 11.5 Å². The summed E-state index contributed by atoms with van der Waals surface area (Å²) in [6.07, 6.45) is 35.0. The molecule has 0 aromatic heterocycles. The van der Waals surface area contributed by atoms with Crippen molar-refractivity contribution < 1.29 is 15.3 Å². The summed E-state index contributed by atoms with van der Waals surface area (Å²) in [6.45, 7) is 20.0. The van der Waals surface area contributed by atoms with Crippen molar-refractivity contribution in [3.05, 3.63) is 142 Å². The van der Waals surface area contributed by atoms with Gasteiger partial charge in [0, 0.05) is 0 Å². The Kier molecular flexibility index (Phi) is 16.2. The van der Waals surface area contributed by atoms with Crippen LogP contribution < -0.4 is 0 Å². The third-order valence-corrected chi connectivity index (χ3v) is 7.24. The lowest BCUT2D eigenvalue weighted by Gasteiger charge is -2.35. The van der Waals surface area contributed by atoms with Crippen LogP contribution in [0.25, 0.3) is 0 Å². The van der Waals surface area contributed by atoms with E-state index in [0.717, 1.165) is 29.6 Å².